The van der Waals surface area contributed by atoms with Crippen LogP contribution in [0.5, 0.6) is 0 Å². The average molecular weight is 225 g/mol. The molecule has 0 spiro atoms. The summed E-state index contributed by atoms with van der Waals surface area (Å²) in [6, 6.07) is 0. The van der Waals surface area contributed by atoms with Crippen molar-refractivity contribution in [2.45, 2.75) is 32.0 Å². The fraction of sp³-hybridized carbons (Fsp3) is 0.750. The van der Waals surface area contributed by atoms with Crippen LogP contribution in [-0.4, -0.2) is 39.3 Å². The van der Waals surface area contributed by atoms with Crippen molar-refractivity contribution in [2.75, 3.05) is 0 Å². The number of oxime groups is 1. The van der Waals surface area contributed by atoms with Crippen LogP contribution < -0.4 is 34.7 Å². The molecule has 7 heteroatoms. The molecule has 0 heterocycles. The van der Waals surface area contributed by atoms with Crippen LogP contribution in [-0.2, 0) is 4.79 Å². The molecule has 0 saturated heterocycles. The average Bonchev–Trinajstić information content (AvgIpc) is 2.11. The minimum atomic E-state index is -1.33. The molecule has 1 saturated carbocycles. The zero-order valence-corrected chi connectivity index (χ0v) is 10.7. The maximum Gasteiger partial charge on any atom is 1.00 e. The van der Waals surface area contributed by atoms with Crippen molar-refractivity contribution in [1.82, 2.24) is 0 Å². The molecule has 1 aliphatic carbocycles. The third-order valence-corrected chi connectivity index (χ3v) is 2.56. The van der Waals surface area contributed by atoms with Gasteiger partial charge in [0.1, 0.15) is 6.10 Å². The number of hydrogen-bond donors (Lipinski definition) is 3. The molecule has 1 rings (SSSR count). The summed E-state index contributed by atoms with van der Waals surface area (Å²) in [5.74, 6) is -1.33. The van der Waals surface area contributed by atoms with Gasteiger partial charge >= 0.3 is 29.6 Å². The summed E-state index contributed by atoms with van der Waals surface area (Å²) in [5.41, 5.74) is -1.42. The minimum absolute atomic E-state index is 0. The molecule has 15 heavy (non-hydrogen) atoms. The van der Waals surface area contributed by atoms with Gasteiger partial charge in [0.05, 0.1) is 11.8 Å². The molecule has 3 N–H and O–H groups in total. The number of carbonyl (C=O) groups is 1. The van der Waals surface area contributed by atoms with Crippen LogP contribution in [0.2, 0.25) is 0 Å². The second-order valence-electron chi connectivity index (χ2n) is 3.83. The van der Waals surface area contributed by atoms with Crippen molar-refractivity contribution >= 4 is 11.7 Å². The Morgan fingerprint density at radius 3 is 2.53 bits per heavy atom. The molecule has 0 radical (unpaired) electrons. The molecule has 80 valence electrons. The molecule has 0 unspecified atom stereocenters. The second kappa shape index (κ2) is 5.27. The van der Waals surface area contributed by atoms with Crippen molar-refractivity contribution < 1.29 is 54.9 Å². The topological polar surface area (TPSA) is 113 Å². The predicted molar refractivity (Wildman–Crippen MR) is 43.6 cm³/mol. The summed E-state index contributed by atoms with van der Waals surface area (Å²) < 4.78 is 0. The first-order valence-corrected chi connectivity index (χ1v) is 4.19. The third-order valence-electron chi connectivity index (χ3n) is 2.56. The van der Waals surface area contributed by atoms with E-state index in [0.717, 1.165) is 0 Å². The molecule has 1 fully saturated rings. The minimum Gasteiger partial charge on any atom is -0.550 e. The van der Waals surface area contributed by atoms with E-state index in [4.69, 9.17) is 5.21 Å². The number of aliphatic hydroxyl groups excluding tert-OH is 2. The molecule has 3 atom stereocenters. The Labute approximate surface area is 109 Å². The van der Waals surface area contributed by atoms with Gasteiger partial charge in [0.25, 0.3) is 0 Å². The Balaban J connectivity index is 0.00000196. The molecule has 0 aromatic rings. The maximum atomic E-state index is 10.7. The van der Waals surface area contributed by atoms with Crippen LogP contribution >= 0.6 is 0 Å². The molecule has 6 nitrogen and oxygen atoms in total. The van der Waals surface area contributed by atoms with Gasteiger partial charge in [0, 0.05) is 17.8 Å². The van der Waals surface area contributed by atoms with Gasteiger partial charge in [0.15, 0.2) is 0 Å². The fourth-order valence-corrected chi connectivity index (χ4v) is 1.62. The summed E-state index contributed by atoms with van der Waals surface area (Å²) >= 11 is 0. The van der Waals surface area contributed by atoms with Gasteiger partial charge in [-0.15, -0.1) is 0 Å². The van der Waals surface area contributed by atoms with Crippen molar-refractivity contribution in [2.24, 2.45) is 10.6 Å². The van der Waals surface area contributed by atoms with E-state index in [9.17, 15) is 20.1 Å². The quantitative estimate of drug-likeness (QED) is 0.235. The SMILES string of the molecule is C[C@@]1(C(=O)[O-])C/C(=N\O)[C@@H](O)[C@H](O)C1.[Na+]. The van der Waals surface area contributed by atoms with E-state index in [2.05, 4.69) is 5.16 Å². The largest absolute Gasteiger partial charge is 1.00 e. The Bertz CT molecular complexity index is 282. The number of rotatable bonds is 1. The van der Waals surface area contributed by atoms with Gasteiger partial charge in [-0.3, -0.25) is 0 Å². The van der Waals surface area contributed by atoms with E-state index in [-0.39, 0.29) is 48.1 Å². The molecule has 0 amide bonds. The standard InChI is InChI=1S/C8H13NO5.Na/c1-8(7(12)13)2-4(9-14)6(11)5(10)3-8;/h5-6,10-11,14H,2-3H2,1H3,(H,12,13);/q;+1/p-1/b9-4+;/t5-,6-,8-;/m1./s1. The predicted octanol–water partition coefficient (Wildman–Crippen LogP) is -4.91. The molecule has 0 aromatic carbocycles. The summed E-state index contributed by atoms with van der Waals surface area (Å²) in [4.78, 5) is 10.7. The molecule has 1 aliphatic rings. The number of hydrogen-bond acceptors (Lipinski definition) is 6. The second-order valence-corrected chi connectivity index (χ2v) is 3.83. The molecular weight excluding hydrogens is 213 g/mol. The molecule has 0 aromatic heterocycles. The first-order chi connectivity index (χ1) is 6.40. The monoisotopic (exact) mass is 225 g/mol. The fourth-order valence-electron chi connectivity index (χ4n) is 1.62. The zero-order valence-electron chi connectivity index (χ0n) is 8.67. The van der Waals surface area contributed by atoms with E-state index in [0.29, 0.717) is 0 Å². The van der Waals surface area contributed by atoms with Crippen molar-refractivity contribution in [3.05, 3.63) is 0 Å². The van der Waals surface area contributed by atoms with Gasteiger partial charge < -0.3 is 25.3 Å². The number of nitrogens with zero attached hydrogens (tertiary/aromatic N) is 1. The number of aliphatic hydroxyl groups is 2. The van der Waals surface area contributed by atoms with Gasteiger partial charge in [0.2, 0.25) is 0 Å². The molecular formula is C8H12NNaO5. The van der Waals surface area contributed by atoms with Crippen molar-refractivity contribution in [3.63, 3.8) is 0 Å². The number of carboxylic acids is 1. The zero-order chi connectivity index (χ0) is 10.9. The van der Waals surface area contributed by atoms with Gasteiger partial charge in [-0.1, -0.05) is 12.1 Å². The smallest absolute Gasteiger partial charge is 0.550 e. The maximum absolute atomic E-state index is 10.7. The normalized spacial score (nSPS) is 38.5. The van der Waals surface area contributed by atoms with Crippen molar-refractivity contribution in [3.8, 4) is 0 Å². The van der Waals surface area contributed by atoms with Crippen LogP contribution in [0.4, 0.5) is 0 Å². The molecule has 0 bridgehead atoms. The van der Waals surface area contributed by atoms with E-state index < -0.39 is 23.6 Å². The van der Waals surface area contributed by atoms with Crippen molar-refractivity contribution in [1.29, 1.82) is 0 Å². The number of carbonyl (C=O) groups excluding carboxylic acids is 1. The van der Waals surface area contributed by atoms with Crippen LogP contribution in [0.3, 0.4) is 0 Å². The van der Waals surface area contributed by atoms with Crippen LogP contribution in [0.15, 0.2) is 5.16 Å². The summed E-state index contributed by atoms with van der Waals surface area (Å²) in [6.07, 6.45) is -2.77. The Hall–Kier alpha value is -0.140. The summed E-state index contributed by atoms with van der Waals surface area (Å²) in [5, 5.41) is 40.6. The molecule has 0 aliphatic heterocycles. The third kappa shape index (κ3) is 2.92. The van der Waals surface area contributed by atoms with E-state index in [1.54, 1.807) is 0 Å². The first kappa shape index (κ1) is 14.9. The van der Waals surface area contributed by atoms with E-state index in [1.807, 2.05) is 0 Å². The first-order valence-electron chi connectivity index (χ1n) is 4.19. The van der Waals surface area contributed by atoms with E-state index >= 15 is 0 Å². The van der Waals surface area contributed by atoms with Gasteiger partial charge in [-0.05, 0) is 6.42 Å². The van der Waals surface area contributed by atoms with Gasteiger partial charge in [-0.2, -0.15) is 0 Å². The summed E-state index contributed by atoms with van der Waals surface area (Å²) in [6.45, 7) is 1.38. The van der Waals surface area contributed by atoms with E-state index in [1.165, 1.54) is 6.92 Å². The number of carboxylic acid groups (broad SMARTS) is 1. The Morgan fingerprint density at radius 2 is 2.13 bits per heavy atom. The van der Waals surface area contributed by atoms with Gasteiger partial charge in [-0.25, -0.2) is 0 Å². The Kier molecular flexibility index (Phi) is 5.22. The van der Waals surface area contributed by atoms with Crippen LogP contribution in [0.1, 0.15) is 19.8 Å². The van der Waals surface area contributed by atoms with Crippen LogP contribution in [0.25, 0.3) is 0 Å². The van der Waals surface area contributed by atoms with Crippen LogP contribution in [0, 0.1) is 5.41 Å². The summed E-state index contributed by atoms with van der Waals surface area (Å²) in [7, 11) is 0. The Morgan fingerprint density at radius 1 is 1.60 bits per heavy atom. The number of aliphatic carboxylic acids is 1.